The molecule has 14 heavy (non-hydrogen) atoms. The molecule has 4 nitrogen and oxygen atoms in total. The first-order chi connectivity index (χ1) is 6.77. The van der Waals surface area contributed by atoms with Gasteiger partial charge in [-0.25, -0.2) is 0 Å². The molecular formula is C10H10O4. The van der Waals surface area contributed by atoms with Crippen LogP contribution in [-0.2, 0) is 14.3 Å². The normalized spacial score (nSPS) is 19.4. The summed E-state index contributed by atoms with van der Waals surface area (Å²) in [6.45, 7) is 1.45. The smallest absolute Gasteiger partial charge is 0.305 e. The average molecular weight is 194 g/mol. The topological polar surface area (TPSA) is 44.8 Å². The van der Waals surface area contributed by atoms with Crippen molar-refractivity contribution in [3.63, 3.8) is 0 Å². The third kappa shape index (κ3) is 1.70. The van der Waals surface area contributed by atoms with Gasteiger partial charge in [-0.3, -0.25) is 4.79 Å². The van der Waals surface area contributed by atoms with E-state index in [1.165, 1.54) is 6.92 Å². The van der Waals surface area contributed by atoms with Gasteiger partial charge in [0.1, 0.15) is 5.75 Å². The van der Waals surface area contributed by atoms with Crippen LogP contribution in [0.3, 0.4) is 0 Å². The van der Waals surface area contributed by atoms with Gasteiger partial charge >= 0.3 is 5.97 Å². The maximum absolute atomic E-state index is 10.8. The second kappa shape index (κ2) is 3.67. The van der Waals surface area contributed by atoms with Crippen LogP contribution in [0.15, 0.2) is 24.3 Å². The molecule has 4 heteroatoms. The molecule has 0 amide bonds. The van der Waals surface area contributed by atoms with Crippen molar-refractivity contribution < 1.29 is 19.0 Å². The zero-order chi connectivity index (χ0) is 9.97. The molecule has 0 radical (unpaired) electrons. The van der Waals surface area contributed by atoms with Crippen LogP contribution in [0.25, 0.3) is 0 Å². The monoisotopic (exact) mass is 194 g/mol. The van der Waals surface area contributed by atoms with Gasteiger partial charge < -0.3 is 14.2 Å². The van der Waals surface area contributed by atoms with Crippen molar-refractivity contribution in [1.82, 2.24) is 0 Å². The third-order valence-electron chi connectivity index (χ3n) is 1.88. The van der Waals surface area contributed by atoms with E-state index in [-0.39, 0.29) is 12.8 Å². The number of benzene rings is 1. The molecular weight excluding hydrogens is 184 g/mol. The maximum Gasteiger partial charge on any atom is 0.305 e. The van der Waals surface area contributed by atoms with Gasteiger partial charge in [0, 0.05) is 6.92 Å². The highest BCUT2D eigenvalue weighted by molar-refractivity contribution is 5.66. The van der Waals surface area contributed by atoms with Gasteiger partial charge in [0.15, 0.2) is 6.79 Å². The summed E-state index contributed by atoms with van der Waals surface area (Å²) in [5, 5.41) is 0. The molecule has 1 aliphatic heterocycles. The lowest BCUT2D eigenvalue weighted by molar-refractivity contribution is -0.200. The summed E-state index contributed by atoms with van der Waals surface area (Å²) in [4.78, 5) is 10.8. The second-order valence-electron chi connectivity index (χ2n) is 2.91. The van der Waals surface area contributed by atoms with E-state index in [0.29, 0.717) is 5.75 Å². The van der Waals surface area contributed by atoms with Gasteiger partial charge in [-0.2, -0.15) is 0 Å². The summed E-state index contributed by atoms with van der Waals surface area (Å²) in [7, 11) is 0. The van der Waals surface area contributed by atoms with Gasteiger partial charge in [-0.15, -0.1) is 0 Å². The number of hydrogen-bond donors (Lipinski definition) is 0. The molecule has 0 spiro atoms. The molecule has 0 N–H and O–H groups in total. The van der Waals surface area contributed by atoms with Crippen molar-refractivity contribution in [2.75, 3.05) is 6.79 Å². The molecule has 0 saturated carbocycles. The van der Waals surface area contributed by atoms with Crippen LogP contribution in [0.4, 0.5) is 0 Å². The first-order valence-electron chi connectivity index (χ1n) is 4.28. The standard InChI is InChI=1S/C10H10O4/c1-7(11)14-10-8-4-2-3-5-9(8)12-6-13-10/h2-5,10H,6H2,1H3. The van der Waals surface area contributed by atoms with E-state index in [0.717, 1.165) is 5.56 Å². The number of carbonyl (C=O) groups excluding carboxylic acids is 1. The molecule has 0 bridgehead atoms. The average Bonchev–Trinajstić information content (AvgIpc) is 2.18. The van der Waals surface area contributed by atoms with E-state index < -0.39 is 6.29 Å². The Kier molecular flexibility index (Phi) is 2.37. The van der Waals surface area contributed by atoms with Gasteiger partial charge in [-0.1, -0.05) is 12.1 Å². The van der Waals surface area contributed by atoms with E-state index in [4.69, 9.17) is 14.2 Å². The molecule has 1 aliphatic rings. The number of ether oxygens (including phenoxy) is 3. The number of rotatable bonds is 1. The van der Waals surface area contributed by atoms with Crippen LogP contribution in [0, 0.1) is 0 Å². The van der Waals surface area contributed by atoms with Crippen molar-refractivity contribution in [2.24, 2.45) is 0 Å². The fourth-order valence-corrected chi connectivity index (χ4v) is 1.30. The second-order valence-corrected chi connectivity index (χ2v) is 2.91. The first kappa shape index (κ1) is 9.02. The molecule has 1 aromatic carbocycles. The molecule has 0 fully saturated rings. The zero-order valence-electron chi connectivity index (χ0n) is 7.73. The highest BCUT2D eigenvalue weighted by Gasteiger charge is 2.23. The van der Waals surface area contributed by atoms with Crippen molar-refractivity contribution in [1.29, 1.82) is 0 Å². The van der Waals surface area contributed by atoms with Gasteiger partial charge in [-0.05, 0) is 12.1 Å². The molecule has 1 atom stereocenters. The van der Waals surface area contributed by atoms with E-state index in [1.54, 1.807) is 0 Å². The summed E-state index contributed by atoms with van der Waals surface area (Å²) in [6, 6.07) is 7.32. The molecule has 2 rings (SSSR count). The van der Waals surface area contributed by atoms with E-state index in [2.05, 4.69) is 0 Å². The lowest BCUT2D eigenvalue weighted by Crippen LogP contribution is -2.20. The summed E-state index contributed by atoms with van der Waals surface area (Å²) < 4.78 is 15.3. The van der Waals surface area contributed by atoms with E-state index in [1.807, 2.05) is 24.3 Å². The molecule has 0 aromatic heterocycles. The Bertz CT molecular complexity index is 348. The Morgan fingerprint density at radius 2 is 2.29 bits per heavy atom. The molecule has 1 aromatic rings. The lowest BCUT2D eigenvalue weighted by Gasteiger charge is -2.25. The maximum atomic E-state index is 10.8. The number of carbonyl (C=O) groups is 1. The van der Waals surface area contributed by atoms with Crippen LogP contribution in [0.2, 0.25) is 0 Å². The summed E-state index contributed by atoms with van der Waals surface area (Å²) >= 11 is 0. The Hall–Kier alpha value is -1.55. The summed E-state index contributed by atoms with van der Waals surface area (Å²) in [5.74, 6) is 0.330. The highest BCUT2D eigenvalue weighted by atomic mass is 16.8. The quantitative estimate of drug-likeness (QED) is 0.637. The Labute approximate surface area is 81.4 Å². The number of esters is 1. The number of hydrogen-bond acceptors (Lipinski definition) is 4. The predicted octanol–water partition coefficient (Wildman–Crippen LogP) is 1.61. The molecule has 1 unspecified atom stereocenters. The minimum absolute atomic E-state index is 0.106. The molecule has 0 aliphatic carbocycles. The number of para-hydroxylation sites is 1. The Balaban J connectivity index is 2.26. The van der Waals surface area contributed by atoms with Crippen molar-refractivity contribution in [3.05, 3.63) is 29.8 Å². The minimum Gasteiger partial charge on any atom is -0.467 e. The van der Waals surface area contributed by atoms with Crippen LogP contribution >= 0.6 is 0 Å². The Morgan fingerprint density at radius 3 is 3.07 bits per heavy atom. The van der Waals surface area contributed by atoms with Gasteiger partial charge in [0.25, 0.3) is 0 Å². The predicted molar refractivity (Wildman–Crippen MR) is 47.5 cm³/mol. The largest absolute Gasteiger partial charge is 0.467 e. The van der Waals surface area contributed by atoms with Crippen LogP contribution in [0.5, 0.6) is 5.75 Å². The summed E-state index contributed by atoms with van der Waals surface area (Å²) in [5.41, 5.74) is 0.744. The first-order valence-corrected chi connectivity index (χ1v) is 4.28. The SMILES string of the molecule is CC(=O)OC1OCOc2ccccc21. The van der Waals surface area contributed by atoms with Gasteiger partial charge in [0.2, 0.25) is 6.29 Å². The van der Waals surface area contributed by atoms with Crippen molar-refractivity contribution in [3.8, 4) is 5.75 Å². The number of fused-ring (bicyclic) bond motifs is 1. The fraction of sp³-hybridized carbons (Fsp3) is 0.300. The summed E-state index contributed by atoms with van der Waals surface area (Å²) in [6.07, 6.45) is -0.641. The Morgan fingerprint density at radius 1 is 1.50 bits per heavy atom. The lowest BCUT2D eigenvalue weighted by atomic mass is 10.2. The van der Waals surface area contributed by atoms with Crippen LogP contribution in [0.1, 0.15) is 18.8 Å². The van der Waals surface area contributed by atoms with Crippen LogP contribution in [-0.4, -0.2) is 12.8 Å². The van der Waals surface area contributed by atoms with Crippen molar-refractivity contribution in [2.45, 2.75) is 13.2 Å². The fourth-order valence-electron chi connectivity index (χ4n) is 1.30. The molecule has 0 saturated heterocycles. The minimum atomic E-state index is -0.641. The van der Waals surface area contributed by atoms with Crippen molar-refractivity contribution >= 4 is 5.97 Å². The third-order valence-corrected chi connectivity index (χ3v) is 1.88. The van der Waals surface area contributed by atoms with E-state index in [9.17, 15) is 4.79 Å². The van der Waals surface area contributed by atoms with Crippen LogP contribution < -0.4 is 4.74 Å². The highest BCUT2D eigenvalue weighted by Crippen LogP contribution is 2.32. The zero-order valence-corrected chi connectivity index (χ0v) is 7.73. The molecule has 1 heterocycles. The van der Waals surface area contributed by atoms with E-state index >= 15 is 0 Å². The molecule has 74 valence electrons. The van der Waals surface area contributed by atoms with Gasteiger partial charge in [0.05, 0.1) is 5.56 Å².